The summed E-state index contributed by atoms with van der Waals surface area (Å²) >= 11 is 9.37. The molecule has 0 saturated carbocycles. The van der Waals surface area contributed by atoms with E-state index in [-0.39, 0.29) is 23.4 Å². The molecule has 5 N–H and O–H groups in total. The lowest BCUT2D eigenvalue weighted by atomic mass is 10.1. The van der Waals surface area contributed by atoms with E-state index in [4.69, 9.17) is 26.6 Å². The van der Waals surface area contributed by atoms with Crippen molar-refractivity contribution in [3.8, 4) is 38.1 Å². The number of benzene rings is 4. The molecule has 0 aliphatic heterocycles. The Hall–Kier alpha value is -7.71. The van der Waals surface area contributed by atoms with Crippen molar-refractivity contribution in [1.82, 2.24) is 50.5 Å². The fourth-order valence-electron chi connectivity index (χ4n) is 6.90. The molecule has 14 nitrogen and oxygen atoms in total. The van der Waals surface area contributed by atoms with Gasteiger partial charge in [0, 0.05) is 67.4 Å². The minimum Gasteiger partial charge on any atom is -0.537 e. The van der Waals surface area contributed by atoms with E-state index in [1.165, 1.54) is 36.4 Å². The fraction of sp³-hybridized carbons (Fsp3) is 0.120. The second-order valence-corrected chi connectivity index (χ2v) is 17.4. The number of carbonyl (C=O) groups excluding carboxylic acids is 2. The van der Waals surface area contributed by atoms with Crippen LogP contribution in [0.15, 0.2) is 145 Å². The average Bonchev–Trinajstić information content (AvgIpc) is 4.25. The maximum Gasteiger partial charge on any atom is 0.569 e. The molecule has 0 atom stereocenters. The van der Waals surface area contributed by atoms with Crippen molar-refractivity contribution in [1.29, 1.82) is 0 Å². The lowest BCUT2D eigenvalue weighted by molar-refractivity contribution is 0.0945. The number of halogens is 3. The normalized spacial score (nSPS) is 10.7. The summed E-state index contributed by atoms with van der Waals surface area (Å²) in [6.45, 7) is 1.12. The first-order chi connectivity index (χ1) is 34.2. The Kier molecular flexibility index (Phi) is 16.7. The largest absolute Gasteiger partial charge is 0.569 e. The van der Waals surface area contributed by atoms with E-state index in [9.17, 15) is 18.4 Å². The molecule has 10 rings (SSSR count). The molecule has 6 heterocycles. The lowest BCUT2D eigenvalue weighted by Crippen LogP contribution is -2.24. The molecule has 351 valence electrons. The highest BCUT2D eigenvalue weighted by molar-refractivity contribution is 7.13. The molecule has 10 aromatic rings. The summed E-state index contributed by atoms with van der Waals surface area (Å²) in [5.41, 5.74) is 6.50. The van der Waals surface area contributed by atoms with Crippen molar-refractivity contribution in [3.05, 3.63) is 184 Å². The van der Waals surface area contributed by atoms with Crippen molar-refractivity contribution >= 4 is 75.8 Å². The van der Waals surface area contributed by atoms with Gasteiger partial charge in [0.1, 0.15) is 40.4 Å². The van der Waals surface area contributed by atoms with Gasteiger partial charge in [-0.15, -0.1) is 22.7 Å². The number of aryl methyl sites for hydroxylation is 2. The van der Waals surface area contributed by atoms with Gasteiger partial charge in [-0.25, -0.2) is 38.7 Å². The van der Waals surface area contributed by atoms with Gasteiger partial charge in [-0.1, -0.05) is 23.7 Å². The van der Waals surface area contributed by atoms with Gasteiger partial charge in [0.15, 0.2) is 5.15 Å². The van der Waals surface area contributed by atoms with Crippen LogP contribution in [0.4, 0.5) is 8.78 Å². The molecule has 70 heavy (non-hydrogen) atoms. The van der Waals surface area contributed by atoms with Crippen molar-refractivity contribution in [3.63, 3.8) is 0 Å². The number of hydrogen-bond acceptors (Lipinski definition) is 12. The summed E-state index contributed by atoms with van der Waals surface area (Å²) in [7, 11) is 0.549. The molecule has 2 amide bonds. The zero-order valence-electron chi connectivity index (χ0n) is 37.0. The van der Waals surface area contributed by atoms with Crippen molar-refractivity contribution in [2.24, 2.45) is 0 Å². The van der Waals surface area contributed by atoms with Gasteiger partial charge >= 0.3 is 7.69 Å². The average molecular weight is 994 g/mol. The number of imidazole rings is 2. The summed E-state index contributed by atoms with van der Waals surface area (Å²) in [6.07, 6.45) is 10.2. The molecule has 4 aromatic carbocycles. The van der Waals surface area contributed by atoms with Crippen LogP contribution >= 0.6 is 34.3 Å². The van der Waals surface area contributed by atoms with Gasteiger partial charge < -0.3 is 30.3 Å². The van der Waals surface area contributed by atoms with E-state index in [2.05, 4.69) is 45.2 Å². The number of nitrogens with zero attached hydrogens (tertiary/aromatic N) is 6. The smallest absolute Gasteiger partial charge is 0.537 e. The van der Waals surface area contributed by atoms with Gasteiger partial charge in [0.05, 0.1) is 37.5 Å². The first-order valence-corrected chi connectivity index (χ1v) is 23.9. The number of nitrogens with one attached hydrogen (secondary N) is 4. The number of aromatic nitrogens is 8. The summed E-state index contributed by atoms with van der Waals surface area (Å²) < 4.78 is 30.2. The van der Waals surface area contributed by atoms with Crippen LogP contribution in [0.25, 0.3) is 54.5 Å². The van der Waals surface area contributed by atoms with Crippen LogP contribution in [0.3, 0.4) is 0 Å². The Balaban J connectivity index is 0.000000160. The zero-order valence-corrected chi connectivity index (χ0v) is 39.4. The van der Waals surface area contributed by atoms with Gasteiger partial charge in [0.2, 0.25) is 0 Å². The molecule has 0 bridgehead atoms. The van der Waals surface area contributed by atoms with Crippen molar-refractivity contribution in [2.45, 2.75) is 25.7 Å². The van der Waals surface area contributed by atoms with Gasteiger partial charge in [-0.05, 0) is 121 Å². The number of carbonyl (C=O) groups is 2. The van der Waals surface area contributed by atoms with Crippen LogP contribution in [-0.2, 0) is 12.8 Å². The molecule has 0 saturated heterocycles. The zero-order chi connectivity index (χ0) is 48.7. The van der Waals surface area contributed by atoms with Crippen molar-refractivity contribution in [2.75, 3.05) is 13.1 Å². The van der Waals surface area contributed by atoms with Gasteiger partial charge in [-0.2, -0.15) is 0 Å². The van der Waals surface area contributed by atoms with E-state index in [1.54, 1.807) is 96.0 Å². The molecular formula is C50H41BClF2N10O4S2. The van der Waals surface area contributed by atoms with Crippen LogP contribution in [0.1, 0.15) is 45.2 Å². The Labute approximate surface area is 413 Å². The molecule has 1 radical (unpaired) electrons. The fourth-order valence-corrected chi connectivity index (χ4v) is 8.62. The first-order valence-electron chi connectivity index (χ1n) is 21.7. The second kappa shape index (κ2) is 24.0. The molecule has 0 aliphatic carbocycles. The Bertz CT molecular complexity index is 3260. The number of fused-ring (bicyclic) bond motifs is 2. The van der Waals surface area contributed by atoms with E-state index < -0.39 is 0 Å². The Morgan fingerprint density at radius 3 is 1.63 bits per heavy atom. The summed E-state index contributed by atoms with van der Waals surface area (Å²) in [6, 6.07) is 29.9. The van der Waals surface area contributed by atoms with E-state index in [0.29, 0.717) is 82.0 Å². The molecule has 0 spiro atoms. The van der Waals surface area contributed by atoms with Crippen LogP contribution in [-0.4, -0.2) is 77.5 Å². The number of rotatable bonds is 15. The number of amides is 2. The maximum atomic E-state index is 13.5. The standard InChI is InChI=1S/C25H20FN5OS.C19H16ClN5OS.C6H5BFO2/c26-18-8-5-16(6-9-18)23-24(21-3-2-14-33-21)31-20-15-17(7-10-19(20)30-23)25(32)29-11-1-4-22-27-12-13-28-22;20-18-17(15-3-2-10-27-15)24-14-11-12(5-6-13(14)25-18)19(26)23-7-1-4-16-21-8-9-22-16;8-5-1-3-6(4-2-5)10-7-9/h2-3,5-10,12-15H,1,4,11H2,(H,27,28)(H,29,32);2-3,5-6,8-11H,1,4,7H2,(H,21,22)(H,23,26);1-4,9H. The molecule has 0 fully saturated rings. The van der Waals surface area contributed by atoms with Crippen molar-refractivity contribution < 1.29 is 28.0 Å². The van der Waals surface area contributed by atoms with Gasteiger partial charge in [0.25, 0.3) is 11.8 Å². The molecular weight excluding hydrogens is 953 g/mol. The lowest BCUT2D eigenvalue weighted by Gasteiger charge is -2.10. The predicted molar refractivity (Wildman–Crippen MR) is 270 cm³/mol. The number of hydrogen-bond donors (Lipinski definition) is 5. The van der Waals surface area contributed by atoms with E-state index in [1.807, 2.05) is 35.0 Å². The summed E-state index contributed by atoms with van der Waals surface area (Å²) in [4.78, 5) is 60.1. The molecule has 0 aliphatic rings. The molecule has 20 heteroatoms. The number of H-pyrrole nitrogens is 2. The quantitative estimate of drug-likeness (QED) is 0.0487. The third kappa shape index (κ3) is 13.1. The van der Waals surface area contributed by atoms with Crippen LogP contribution < -0.4 is 15.3 Å². The summed E-state index contributed by atoms with van der Waals surface area (Å²) in [5, 5.41) is 18.3. The Morgan fingerprint density at radius 2 is 1.13 bits per heavy atom. The van der Waals surface area contributed by atoms with Crippen LogP contribution in [0, 0.1) is 11.6 Å². The topological polar surface area (TPSA) is 197 Å². The highest BCUT2D eigenvalue weighted by Gasteiger charge is 2.17. The SMILES string of the molecule is O=C(NCCCc1ncc[nH]1)c1ccc2nc(-c3ccc(F)cc3)c(-c3cccs3)nc2c1.O=C(NCCCc1ncc[nH]1)c1ccc2nc(Cl)c(-c3cccs3)nc2c1.O[B]Oc1ccc(F)cc1. The van der Waals surface area contributed by atoms with Gasteiger partial charge in [-0.3, -0.25) is 9.59 Å². The van der Waals surface area contributed by atoms with E-state index in [0.717, 1.165) is 52.6 Å². The first kappa shape index (κ1) is 48.7. The molecule has 0 unspecified atom stereocenters. The second-order valence-electron chi connectivity index (χ2n) is 15.1. The number of thiophene rings is 2. The highest BCUT2D eigenvalue weighted by Crippen LogP contribution is 2.34. The third-order valence-corrected chi connectivity index (χ3v) is 12.3. The predicted octanol–water partition coefficient (Wildman–Crippen LogP) is 10.1. The third-order valence-electron chi connectivity index (χ3n) is 10.3. The highest BCUT2D eigenvalue weighted by atomic mass is 35.5. The van der Waals surface area contributed by atoms with Crippen LogP contribution in [0.5, 0.6) is 5.75 Å². The number of aromatic amines is 2. The van der Waals surface area contributed by atoms with E-state index >= 15 is 0 Å². The minimum absolute atomic E-state index is 0.134. The monoisotopic (exact) mass is 993 g/mol. The minimum atomic E-state index is -0.328. The summed E-state index contributed by atoms with van der Waals surface area (Å²) in [5.74, 6) is 1.31. The molecule has 6 aromatic heterocycles. The van der Waals surface area contributed by atoms with Crippen LogP contribution in [0.2, 0.25) is 5.15 Å². The Morgan fingerprint density at radius 1 is 0.629 bits per heavy atom. The maximum absolute atomic E-state index is 13.5.